The number of methoxy groups -OCH3 is 1. The van der Waals surface area contributed by atoms with Crippen LogP contribution in [0.1, 0.15) is 16.1 Å². The van der Waals surface area contributed by atoms with E-state index in [2.05, 4.69) is 21.1 Å². The summed E-state index contributed by atoms with van der Waals surface area (Å²) in [5.41, 5.74) is 0.967. The van der Waals surface area contributed by atoms with Crippen molar-refractivity contribution in [3.63, 3.8) is 0 Å². The fraction of sp³-hybridized carbons (Fsp3) is 0.167. The first-order valence-corrected chi connectivity index (χ1v) is 6.22. The van der Waals surface area contributed by atoms with Crippen LogP contribution in [-0.4, -0.2) is 18.2 Å². The quantitative estimate of drug-likeness (QED) is 0.493. The lowest BCUT2D eigenvalue weighted by molar-refractivity contribution is 0.0732. The number of halogens is 1. The van der Waals surface area contributed by atoms with Crippen molar-refractivity contribution in [2.75, 3.05) is 7.11 Å². The molecule has 0 atom stereocenters. The third kappa shape index (κ3) is 2.70. The van der Waals surface area contributed by atoms with Crippen LogP contribution in [0, 0.1) is 0 Å². The van der Waals surface area contributed by atoms with Gasteiger partial charge in [0, 0.05) is 0 Å². The monoisotopic (exact) mass is 313 g/mol. The molecule has 0 amide bonds. The predicted octanol–water partition coefficient (Wildman–Crippen LogP) is 2.80. The molecule has 2 aromatic rings. The zero-order valence-corrected chi connectivity index (χ0v) is 11.1. The summed E-state index contributed by atoms with van der Waals surface area (Å²) in [5, 5.41) is 4.14. The summed E-state index contributed by atoms with van der Waals surface area (Å²) in [7, 11) is 1.56. The predicted molar refractivity (Wildman–Crippen MR) is 67.1 cm³/mol. The van der Waals surface area contributed by atoms with Gasteiger partial charge in [-0.3, -0.25) is 0 Å². The number of hydrogen-bond acceptors (Lipinski definition) is 5. The van der Waals surface area contributed by atoms with Crippen molar-refractivity contribution in [1.82, 2.24) is 5.16 Å². The Kier molecular flexibility index (Phi) is 3.99. The van der Waals surface area contributed by atoms with Gasteiger partial charge in [0.1, 0.15) is 11.4 Å². The van der Waals surface area contributed by atoms with E-state index in [4.69, 9.17) is 14.0 Å². The van der Waals surface area contributed by atoms with E-state index in [9.17, 15) is 4.79 Å². The number of alkyl halides is 1. The Morgan fingerprint density at radius 2 is 2.17 bits per heavy atom. The Morgan fingerprint density at radius 1 is 1.44 bits per heavy atom. The molecule has 1 aromatic carbocycles. The average molecular weight is 314 g/mol. The summed E-state index contributed by atoms with van der Waals surface area (Å²) in [6.07, 6.45) is 1.29. The van der Waals surface area contributed by atoms with Crippen LogP contribution in [0.4, 0.5) is 0 Å². The molecule has 0 aliphatic heterocycles. The summed E-state index contributed by atoms with van der Waals surface area (Å²) >= 11 is 3.22. The van der Waals surface area contributed by atoms with Crippen LogP contribution in [0.2, 0.25) is 0 Å². The molecule has 0 saturated carbocycles. The third-order valence-electron chi connectivity index (χ3n) is 2.26. The Labute approximate surface area is 112 Å². The maximum Gasteiger partial charge on any atom is 0.343 e. The van der Waals surface area contributed by atoms with Gasteiger partial charge in [-0.2, -0.15) is 0 Å². The summed E-state index contributed by atoms with van der Waals surface area (Å²) < 4.78 is 14.9. The summed E-state index contributed by atoms with van der Waals surface area (Å²) in [6.45, 7) is 0. The molecule has 0 spiro atoms. The van der Waals surface area contributed by atoms with Gasteiger partial charge in [0.05, 0.1) is 18.0 Å². The average Bonchev–Trinajstić information content (AvgIpc) is 2.86. The number of nitrogens with zero attached hydrogens (tertiary/aromatic N) is 1. The fourth-order valence-electron chi connectivity index (χ4n) is 1.31. The number of esters is 1. The van der Waals surface area contributed by atoms with Crippen molar-refractivity contribution < 1.29 is 18.8 Å². The van der Waals surface area contributed by atoms with E-state index in [1.165, 1.54) is 6.26 Å². The molecule has 0 unspecified atom stereocenters. The number of benzene rings is 1. The summed E-state index contributed by atoms with van der Waals surface area (Å²) in [4.78, 5) is 11.8. The molecule has 5 nitrogen and oxygen atoms in total. The van der Waals surface area contributed by atoms with Gasteiger partial charge < -0.3 is 14.0 Å². The molecule has 18 heavy (non-hydrogen) atoms. The van der Waals surface area contributed by atoms with Gasteiger partial charge in [-0.05, 0) is 24.3 Å². The van der Waals surface area contributed by atoms with Crippen molar-refractivity contribution in [2.24, 2.45) is 0 Å². The van der Waals surface area contributed by atoms with Crippen LogP contribution >= 0.6 is 15.9 Å². The molecule has 0 saturated heterocycles. The van der Waals surface area contributed by atoms with E-state index in [1.807, 2.05) is 0 Å². The van der Waals surface area contributed by atoms with Gasteiger partial charge in [-0.1, -0.05) is 21.1 Å². The Morgan fingerprint density at radius 3 is 2.78 bits per heavy atom. The highest BCUT2D eigenvalue weighted by Crippen LogP contribution is 2.21. The molecule has 1 aromatic heterocycles. The third-order valence-corrected chi connectivity index (χ3v) is 2.79. The number of hydrogen-bond donors (Lipinski definition) is 0. The molecule has 0 aliphatic rings. The maximum atomic E-state index is 11.8. The van der Waals surface area contributed by atoms with Gasteiger partial charge in [0.25, 0.3) is 0 Å². The second kappa shape index (κ2) is 5.68. The summed E-state index contributed by atoms with van der Waals surface area (Å²) in [6, 6.07) is 6.64. The molecule has 0 bridgehead atoms. The Bertz CT molecular complexity index is 535. The van der Waals surface area contributed by atoms with E-state index in [0.29, 0.717) is 28.1 Å². The van der Waals surface area contributed by atoms with Crippen LogP contribution in [0.25, 0.3) is 0 Å². The van der Waals surface area contributed by atoms with E-state index in [0.717, 1.165) is 0 Å². The van der Waals surface area contributed by atoms with Crippen LogP contribution in [0.5, 0.6) is 11.5 Å². The van der Waals surface area contributed by atoms with Crippen LogP contribution < -0.4 is 9.47 Å². The van der Waals surface area contributed by atoms with Gasteiger partial charge in [-0.15, -0.1) is 0 Å². The normalized spacial score (nSPS) is 10.1. The zero-order chi connectivity index (χ0) is 13.0. The first-order chi connectivity index (χ1) is 8.74. The van der Waals surface area contributed by atoms with Crippen molar-refractivity contribution >= 4 is 21.9 Å². The smallest absolute Gasteiger partial charge is 0.343 e. The molecule has 1 heterocycles. The topological polar surface area (TPSA) is 61.6 Å². The highest BCUT2D eigenvalue weighted by molar-refractivity contribution is 9.08. The maximum absolute atomic E-state index is 11.8. The lowest BCUT2D eigenvalue weighted by Gasteiger charge is -2.03. The van der Waals surface area contributed by atoms with Crippen molar-refractivity contribution in [2.45, 2.75) is 5.33 Å². The summed E-state index contributed by atoms with van der Waals surface area (Å²) in [5.74, 6) is 0.522. The van der Waals surface area contributed by atoms with E-state index < -0.39 is 5.97 Å². The van der Waals surface area contributed by atoms with Crippen LogP contribution in [0.3, 0.4) is 0 Å². The van der Waals surface area contributed by atoms with Crippen molar-refractivity contribution in [3.8, 4) is 11.5 Å². The number of ether oxygens (including phenoxy) is 2. The zero-order valence-electron chi connectivity index (χ0n) is 9.55. The van der Waals surface area contributed by atoms with E-state index in [1.54, 1.807) is 31.4 Å². The van der Waals surface area contributed by atoms with Crippen molar-refractivity contribution in [1.29, 1.82) is 0 Å². The van der Waals surface area contributed by atoms with Gasteiger partial charge in [0.15, 0.2) is 12.0 Å². The molecule has 6 heteroatoms. The van der Waals surface area contributed by atoms with Crippen molar-refractivity contribution in [3.05, 3.63) is 41.8 Å². The molecule has 0 radical (unpaired) electrons. The Balaban J connectivity index is 2.11. The number of rotatable bonds is 4. The molecule has 0 N–H and O–H groups in total. The molecule has 0 aliphatic carbocycles. The first-order valence-electron chi connectivity index (χ1n) is 5.10. The molecule has 94 valence electrons. The van der Waals surface area contributed by atoms with Crippen LogP contribution in [-0.2, 0) is 5.33 Å². The van der Waals surface area contributed by atoms with E-state index >= 15 is 0 Å². The molecular formula is C12H10BrNO4. The second-order valence-electron chi connectivity index (χ2n) is 3.38. The number of carbonyl (C=O) groups excluding carboxylic acids is 1. The van der Waals surface area contributed by atoms with Gasteiger partial charge in [0.2, 0.25) is 0 Å². The van der Waals surface area contributed by atoms with Gasteiger partial charge in [-0.25, -0.2) is 4.79 Å². The molecule has 0 fully saturated rings. The lowest BCUT2D eigenvalue weighted by atomic mass is 10.2. The minimum atomic E-state index is -0.469. The molecule has 2 rings (SSSR count). The van der Waals surface area contributed by atoms with E-state index in [-0.39, 0.29) is 0 Å². The Hall–Kier alpha value is -1.82. The molecular weight excluding hydrogens is 304 g/mol. The SMILES string of the molecule is COc1ccc(C(=O)[18O]c2conc2CBr)cc1. The number of aromatic nitrogens is 1. The first kappa shape index (κ1) is 12.6. The number of carbonyl (C=O) groups is 1. The minimum Gasteiger partial charge on any atom is -0.497 e. The highest BCUT2D eigenvalue weighted by Gasteiger charge is 2.14. The standard InChI is InChI=1S/C12H10BrNO4/c1-16-9-4-2-8(3-5-9)12(15)18-11-7-17-14-10(11)6-13/h2-5,7H,6H2,1H3/i18+2. The lowest BCUT2D eigenvalue weighted by Crippen LogP contribution is -2.08. The minimum absolute atomic E-state index is 0.313. The van der Waals surface area contributed by atoms with Gasteiger partial charge >= 0.3 is 5.97 Å². The highest BCUT2D eigenvalue weighted by atomic mass is 79.9. The van der Waals surface area contributed by atoms with Crippen LogP contribution in [0.15, 0.2) is 35.1 Å². The fourth-order valence-corrected chi connectivity index (χ4v) is 1.69. The second-order valence-corrected chi connectivity index (χ2v) is 3.94. The largest absolute Gasteiger partial charge is 0.497 e.